The number of sulfone groups is 1. The van der Waals surface area contributed by atoms with Crippen LogP contribution >= 0.6 is 11.8 Å². The van der Waals surface area contributed by atoms with E-state index in [1.807, 2.05) is 24.3 Å². The molecule has 2 nitrogen and oxygen atoms in total. The Morgan fingerprint density at radius 1 is 0.950 bits per heavy atom. The fraction of sp³-hybridized carbons (Fsp3) is 0.125. The third-order valence-electron chi connectivity index (χ3n) is 3.15. The summed E-state index contributed by atoms with van der Waals surface area (Å²) in [6.45, 7) is 0. The monoisotopic (exact) mass is 302 g/mol. The molecule has 0 radical (unpaired) electrons. The number of thioether (sulfide) groups is 1. The molecule has 0 bridgehead atoms. The quantitative estimate of drug-likeness (QED) is 0.808. The minimum Gasteiger partial charge on any atom is -0.219 e. The summed E-state index contributed by atoms with van der Waals surface area (Å²) in [4.78, 5) is 1.32. The summed E-state index contributed by atoms with van der Waals surface area (Å²) in [7, 11) is -3.31. The highest BCUT2D eigenvalue weighted by molar-refractivity contribution is 8.12. The van der Waals surface area contributed by atoms with Crippen molar-refractivity contribution in [1.29, 1.82) is 0 Å². The Labute approximate surface area is 123 Å². The first kappa shape index (κ1) is 13.5. The molecular formula is C16H14O2S2. The third-order valence-corrected chi connectivity index (χ3v) is 5.91. The van der Waals surface area contributed by atoms with Crippen LogP contribution in [0.15, 0.2) is 75.9 Å². The summed E-state index contributed by atoms with van der Waals surface area (Å²) in [5.41, 5.74) is 1.24. The molecule has 1 saturated heterocycles. The highest BCUT2D eigenvalue weighted by Gasteiger charge is 2.33. The summed E-state index contributed by atoms with van der Waals surface area (Å²) in [5, 5.41) is 1.72. The molecule has 2 aromatic carbocycles. The van der Waals surface area contributed by atoms with Crippen LogP contribution < -0.4 is 0 Å². The van der Waals surface area contributed by atoms with Gasteiger partial charge in [0, 0.05) is 15.6 Å². The lowest BCUT2D eigenvalue weighted by Crippen LogP contribution is -1.97. The van der Waals surface area contributed by atoms with E-state index < -0.39 is 9.84 Å². The van der Waals surface area contributed by atoms with Gasteiger partial charge in [-0.25, -0.2) is 8.42 Å². The summed E-state index contributed by atoms with van der Waals surface area (Å²) < 4.78 is 24.4. The third kappa shape index (κ3) is 3.14. The Morgan fingerprint density at radius 3 is 2.20 bits per heavy atom. The van der Waals surface area contributed by atoms with Gasteiger partial charge in [0.2, 0.25) is 9.84 Å². The van der Waals surface area contributed by atoms with Gasteiger partial charge in [-0.15, -0.1) is 11.8 Å². The van der Waals surface area contributed by atoms with Crippen LogP contribution in [0.4, 0.5) is 0 Å². The maximum Gasteiger partial charge on any atom is 0.200 e. The average Bonchev–Trinajstić information content (AvgIpc) is 3.18. The smallest absolute Gasteiger partial charge is 0.200 e. The minimum absolute atomic E-state index is 0.302. The topological polar surface area (TPSA) is 34.1 Å². The second-order valence-corrected chi connectivity index (χ2v) is 7.75. The molecule has 0 aromatic heterocycles. The SMILES string of the molecule is O=S(=O)(/C=C1/SC1Cc1ccccc1)c1ccccc1. The second-order valence-electron chi connectivity index (χ2n) is 4.67. The molecule has 4 heteroatoms. The van der Waals surface area contributed by atoms with Crippen molar-refractivity contribution in [3.8, 4) is 0 Å². The fourth-order valence-electron chi connectivity index (χ4n) is 2.04. The first-order valence-corrected chi connectivity index (χ1v) is 8.80. The van der Waals surface area contributed by atoms with E-state index in [1.165, 1.54) is 11.0 Å². The van der Waals surface area contributed by atoms with Crippen LogP contribution in [0.5, 0.6) is 0 Å². The summed E-state index contributed by atoms with van der Waals surface area (Å²) >= 11 is 1.63. The highest BCUT2D eigenvalue weighted by Crippen LogP contribution is 2.48. The van der Waals surface area contributed by atoms with Gasteiger partial charge in [0.05, 0.1) is 4.90 Å². The number of hydrogen-bond acceptors (Lipinski definition) is 3. The normalized spacial score (nSPS) is 20.0. The molecule has 3 rings (SSSR count). The van der Waals surface area contributed by atoms with E-state index in [2.05, 4.69) is 12.1 Å². The van der Waals surface area contributed by atoms with Gasteiger partial charge in [0.25, 0.3) is 0 Å². The molecule has 20 heavy (non-hydrogen) atoms. The lowest BCUT2D eigenvalue weighted by Gasteiger charge is -1.97. The predicted molar refractivity (Wildman–Crippen MR) is 83.2 cm³/mol. The van der Waals surface area contributed by atoms with Gasteiger partial charge in [-0.1, -0.05) is 48.5 Å². The van der Waals surface area contributed by atoms with E-state index in [0.29, 0.717) is 10.1 Å². The standard InChI is InChI=1S/C16H14O2S2/c17-20(18,14-9-5-2-6-10-14)12-16-15(19-16)11-13-7-3-1-4-8-13/h1-10,12,15H,11H2/b16-12+. The van der Waals surface area contributed by atoms with Crippen molar-refractivity contribution < 1.29 is 8.42 Å². The second kappa shape index (κ2) is 5.46. The lowest BCUT2D eigenvalue weighted by atomic mass is 10.1. The molecule has 0 saturated carbocycles. The van der Waals surface area contributed by atoms with Gasteiger partial charge in [-0.05, 0) is 24.1 Å². The zero-order valence-corrected chi connectivity index (χ0v) is 12.4. The van der Waals surface area contributed by atoms with Crippen molar-refractivity contribution in [2.24, 2.45) is 0 Å². The van der Waals surface area contributed by atoms with Gasteiger partial charge in [-0.3, -0.25) is 0 Å². The minimum atomic E-state index is -3.31. The Kier molecular flexibility index (Phi) is 3.68. The molecule has 1 aliphatic heterocycles. The van der Waals surface area contributed by atoms with Gasteiger partial charge < -0.3 is 0 Å². The Hall–Kier alpha value is -1.52. The van der Waals surface area contributed by atoms with E-state index in [4.69, 9.17) is 0 Å². The first-order valence-electron chi connectivity index (χ1n) is 6.37. The first-order chi connectivity index (χ1) is 9.65. The van der Waals surface area contributed by atoms with E-state index >= 15 is 0 Å². The molecule has 1 heterocycles. The van der Waals surface area contributed by atoms with Crippen molar-refractivity contribution in [3.63, 3.8) is 0 Å². The van der Waals surface area contributed by atoms with Crippen LogP contribution in [-0.2, 0) is 16.3 Å². The zero-order chi connectivity index (χ0) is 14.0. The van der Waals surface area contributed by atoms with Crippen LogP contribution in [0.3, 0.4) is 0 Å². The van der Waals surface area contributed by atoms with Crippen molar-refractivity contribution in [1.82, 2.24) is 0 Å². The molecule has 0 N–H and O–H groups in total. The maximum absolute atomic E-state index is 12.2. The van der Waals surface area contributed by atoms with Crippen molar-refractivity contribution in [2.45, 2.75) is 16.6 Å². The zero-order valence-electron chi connectivity index (χ0n) is 10.8. The number of benzene rings is 2. The van der Waals surface area contributed by atoms with Crippen LogP contribution in [0.25, 0.3) is 0 Å². The number of hydrogen-bond donors (Lipinski definition) is 0. The van der Waals surface area contributed by atoms with Crippen LogP contribution in [0.1, 0.15) is 5.56 Å². The summed E-state index contributed by atoms with van der Waals surface area (Å²) in [6, 6.07) is 18.7. The summed E-state index contributed by atoms with van der Waals surface area (Å²) in [5.74, 6) is 0. The highest BCUT2D eigenvalue weighted by atomic mass is 32.2. The van der Waals surface area contributed by atoms with Crippen molar-refractivity contribution in [2.75, 3.05) is 0 Å². The molecule has 1 fully saturated rings. The molecule has 1 atom stereocenters. The van der Waals surface area contributed by atoms with Crippen molar-refractivity contribution >= 4 is 21.6 Å². The molecule has 0 aliphatic carbocycles. The van der Waals surface area contributed by atoms with Gasteiger partial charge in [-0.2, -0.15) is 0 Å². The van der Waals surface area contributed by atoms with E-state index in [0.717, 1.165) is 11.3 Å². The number of rotatable bonds is 4. The van der Waals surface area contributed by atoms with E-state index in [-0.39, 0.29) is 0 Å². The van der Waals surface area contributed by atoms with Crippen LogP contribution in [0, 0.1) is 0 Å². The Balaban J connectivity index is 1.73. The van der Waals surface area contributed by atoms with Crippen LogP contribution in [-0.4, -0.2) is 13.7 Å². The van der Waals surface area contributed by atoms with E-state index in [1.54, 1.807) is 36.0 Å². The lowest BCUT2D eigenvalue weighted by molar-refractivity contribution is 0.604. The Morgan fingerprint density at radius 2 is 1.55 bits per heavy atom. The van der Waals surface area contributed by atoms with Crippen LogP contribution in [0.2, 0.25) is 0 Å². The van der Waals surface area contributed by atoms with E-state index in [9.17, 15) is 8.42 Å². The van der Waals surface area contributed by atoms with Crippen molar-refractivity contribution in [3.05, 3.63) is 76.5 Å². The largest absolute Gasteiger partial charge is 0.219 e. The molecule has 102 valence electrons. The predicted octanol–water partition coefficient (Wildman–Crippen LogP) is 3.66. The average molecular weight is 302 g/mol. The molecule has 1 unspecified atom stereocenters. The maximum atomic E-state index is 12.2. The fourth-order valence-corrected chi connectivity index (χ4v) is 4.55. The molecule has 0 spiro atoms. The molecule has 0 amide bonds. The molecule has 2 aromatic rings. The summed E-state index contributed by atoms with van der Waals surface area (Å²) in [6.07, 6.45) is 0.891. The van der Waals surface area contributed by atoms with Gasteiger partial charge in [0.15, 0.2) is 0 Å². The Bertz CT molecular complexity index is 720. The molecular weight excluding hydrogens is 288 g/mol. The van der Waals surface area contributed by atoms with Gasteiger partial charge in [0.1, 0.15) is 0 Å². The molecule has 1 aliphatic rings. The van der Waals surface area contributed by atoms with Gasteiger partial charge >= 0.3 is 0 Å².